The minimum atomic E-state index is -2.29. The van der Waals surface area contributed by atoms with Gasteiger partial charge in [-0.3, -0.25) is 4.90 Å². The number of imidazole rings is 1. The van der Waals surface area contributed by atoms with Crippen molar-refractivity contribution in [2.45, 2.75) is 57.2 Å². The van der Waals surface area contributed by atoms with E-state index in [4.69, 9.17) is 4.74 Å². The van der Waals surface area contributed by atoms with Crippen molar-refractivity contribution in [3.63, 3.8) is 0 Å². The molecule has 2 aromatic rings. The Hall–Kier alpha value is -1.31. The average Bonchev–Trinajstić information content (AvgIpc) is 3.17. The summed E-state index contributed by atoms with van der Waals surface area (Å²) in [6.45, 7) is 4.67. The Morgan fingerprint density at radius 3 is 3.00 bits per heavy atom. The highest BCUT2D eigenvalue weighted by Crippen LogP contribution is 2.47. The molecule has 0 saturated carbocycles. The van der Waals surface area contributed by atoms with E-state index in [9.17, 15) is 8.78 Å². The van der Waals surface area contributed by atoms with Crippen molar-refractivity contribution in [1.29, 1.82) is 0 Å². The van der Waals surface area contributed by atoms with Crippen LogP contribution in [0.5, 0.6) is 0 Å². The summed E-state index contributed by atoms with van der Waals surface area (Å²) in [5.74, 6) is 1.06. The largest absolute Gasteiger partial charge is 0.369 e. The Balaban J connectivity index is 1.53. The highest BCUT2D eigenvalue weighted by Gasteiger charge is 2.45. The predicted molar refractivity (Wildman–Crippen MR) is 97.7 cm³/mol. The monoisotopic (exact) mass is 381 g/mol. The standard InChI is InChI=1S/C19H25F2N3OS/c1-13-11-19(4-6-24(13)12-17-22-5-7-23(17)2)18-14(3-8-25-19)9-15(26-18)10-16(20)21/h5,7,9,13,16H,3-4,6,8,10-12H2,1-2H3/t13-,19+/m0/s1. The van der Waals surface area contributed by atoms with Gasteiger partial charge in [0.15, 0.2) is 0 Å². The van der Waals surface area contributed by atoms with Crippen LogP contribution in [0.4, 0.5) is 8.78 Å². The highest BCUT2D eigenvalue weighted by atomic mass is 32.1. The highest BCUT2D eigenvalue weighted by molar-refractivity contribution is 7.12. The fourth-order valence-corrected chi connectivity index (χ4v) is 5.68. The maximum atomic E-state index is 12.8. The summed E-state index contributed by atoms with van der Waals surface area (Å²) in [5.41, 5.74) is 0.928. The number of rotatable bonds is 4. The molecule has 2 aliphatic heterocycles. The van der Waals surface area contributed by atoms with E-state index in [-0.39, 0.29) is 12.0 Å². The van der Waals surface area contributed by atoms with Gasteiger partial charge in [-0.05, 0) is 37.8 Å². The number of nitrogens with zero attached hydrogens (tertiary/aromatic N) is 3. The fourth-order valence-electron chi connectivity index (χ4n) is 4.29. The van der Waals surface area contributed by atoms with Crippen molar-refractivity contribution in [3.8, 4) is 0 Å². The minimum Gasteiger partial charge on any atom is -0.369 e. The molecule has 0 aliphatic carbocycles. The van der Waals surface area contributed by atoms with Gasteiger partial charge in [0, 0.05) is 48.2 Å². The molecule has 0 radical (unpaired) electrons. The van der Waals surface area contributed by atoms with Crippen LogP contribution in [0, 0.1) is 0 Å². The van der Waals surface area contributed by atoms with E-state index in [1.54, 1.807) is 11.3 Å². The van der Waals surface area contributed by atoms with Crippen molar-refractivity contribution >= 4 is 11.3 Å². The molecule has 2 aliphatic rings. The zero-order valence-electron chi connectivity index (χ0n) is 15.3. The second-order valence-electron chi connectivity index (χ2n) is 7.48. The molecule has 26 heavy (non-hydrogen) atoms. The normalized spacial score (nSPS) is 26.6. The smallest absolute Gasteiger partial charge is 0.243 e. The SMILES string of the molecule is C[C@H]1C[C@@]2(CCN1Cc1nccn1C)OCCc1cc(CC(F)F)sc12. The zero-order chi connectivity index (χ0) is 18.3. The number of ether oxygens (including phenoxy) is 1. The van der Waals surface area contributed by atoms with Gasteiger partial charge in [0.1, 0.15) is 11.4 Å². The number of halogens is 2. The summed E-state index contributed by atoms with van der Waals surface area (Å²) in [7, 11) is 2.02. The van der Waals surface area contributed by atoms with Gasteiger partial charge in [-0.1, -0.05) is 0 Å². The van der Waals surface area contributed by atoms with Crippen LogP contribution >= 0.6 is 11.3 Å². The first kappa shape index (κ1) is 18.1. The molecule has 0 aromatic carbocycles. The van der Waals surface area contributed by atoms with Crippen molar-refractivity contribution in [3.05, 3.63) is 39.6 Å². The molecule has 1 fully saturated rings. The van der Waals surface area contributed by atoms with Gasteiger partial charge in [-0.25, -0.2) is 13.8 Å². The summed E-state index contributed by atoms with van der Waals surface area (Å²) in [4.78, 5) is 8.87. The van der Waals surface area contributed by atoms with E-state index in [1.165, 1.54) is 10.4 Å². The van der Waals surface area contributed by atoms with Gasteiger partial charge >= 0.3 is 0 Å². The molecule has 0 bridgehead atoms. The lowest BCUT2D eigenvalue weighted by Crippen LogP contribution is -2.50. The zero-order valence-corrected chi connectivity index (χ0v) is 16.1. The molecule has 0 amide bonds. The predicted octanol–water partition coefficient (Wildman–Crippen LogP) is 3.74. The molecular formula is C19H25F2N3OS. The quantitative estimate of drug-likeness (QED) is 0.808. The molecule has 1 saturated heterocycles. The maximum Gasteiger partial charge on any atom is 0.243 e. The van der Waals surface area contributed by atoms with Gasteiger partial charge in [-0.2, -0.15) is 0 Å². The number of piperidine rings is 1. The Labute approximate surface area is 156 Å². The van der Waals surface area contributed by atoms with Crippen LogP contribution in [-0.2, 0) is 36.8 Å². The fraction of sp³-hybridized carbons (Fsp3) is 0.632. The third kappa shape index (κ3) is 3.32. The van der Waals surface area contributed by atoms with Crippen LogP contribution in [0.25, 0.3) is 0 Å². The van der Waals surface area contributed by atoms with Gasteiger partial charge in [0.05, 0.1) is 13.2 Å². The Morgan fingerprint density at radius 2 is 2.31 bits per heavy atom. The molecule has 2 aromatic heterocycles. The minimum absolute atomic E-state index is 0.144. The van der Waals surface area contributed by atoms with Gasteiger partial charge in [0.2, 0.25) is 6.43 Å². The molecule has 0 N–H and O–H groups in total. The van der Waals surface area contributed by atoms with Crippen LogP contribution in [0.2, 0.25) is 0 Å². The Bertz CT molecular complexity index is 775. The van der Waals surface area contributed by atoms with E-state index in [2.05, 4.69) is 21.4 Å². The number of likely N-dealkylation sites (tertiary alicyclic amines) is 1. The molecule has 0 unspecified atom stereocenters. The van der Waals surface area contributed by atoms with Gasteiger partial charge in [0.25, 0.3) is 0 Å². The topological polar surface area (TPSA) is 30.3 Å². The second-order valence-corrected chi connectivity index (χ2v) is 8.62. The lowest BCUT2D eigenvalue weighted by atomic mass is 9.82. The van der Waals surface area contributed by atoms with Crippen molar-refractivity contribution < 1.29 is 13.5 Å². The van der Waals surface area contributed by atoms with Crippen LogP contribution < -0.4 is 0 Å². The first-order chi connectivity index (χ1) is 12.5. The van der Waals surface area contributed by atoms with E-state index in [1.807, 2.05) is 25.5 Å². The lowest BCUT2D eigenvalue weighted by molar-refractivity contribution is -0.110. The van der Waals surface area contributed by atoms with Crippen LogP contribution in [0.1, 0.15) is 40.9 Å². The number of fused-ring (bicyclic) bond motifs is 2. The molecule has 1 spiro atoms. The van der Waals surface area contributed by atoms with E-state index >= 15 is 0 Å². The number of aromatic nitrogens is 2. The first-order valence-corrected chi connectivity index (χ1v) is 10.0. The third-order valence-electron chi connectivity index (χ3n) is 5.70. The van der Waals surface area contributed by atoms with Crippen molar-refractivity contribution in [1.82, 2.24) is 14.5 Å². The van der Waals surface area contributed by atoms with Crippen LogP contribution in [0.3, 0.4) is 0 Å². The van der Waals surface area contributed by atoms with E-state index in [0.29, 0.717) is 12.6 Å². The van der Waals surface area contributed by atoms with Crippen LogP contribution in [-0.4, -0.2) is 40.1 Å². The molecule has 4 rings (SSSR count). The number of hydrogen-bond acceptors (Lipinski definition) is 4. The second kappa shape index (κ2) is 7.02. The summed E-state index contributed by atoms with van der Waals surface area (Å²) < 4.78 is 34.0. The lowest BCUT2D eigenvalue weighted by Gasteiger charge is -2.47. The van der Waals surface area contributed by atoms with E-state index in [0.717, 1.165) is 43.1 Å². The Kier molecular flexibility index (Phi) is 4.88. The molecule has 4 heterocycles. The molecule has 4 nitrogen and oxygen atoms in total. The van der Waals surface area contributed by atoms with Crippen molar-refractivity contribution in [2.24, 2.45) is 7.05 Å². The summed E-state index contributed by atoms with van der Waals surface area (Å²) in [5, 5.41) is 0. The van der Waals surface area contributed by atoms with Gasteiger partial charge < -0.3 is 9.30 Å². The summed E-state index contributed by atoms with van der Waals surface area (Å²) >= 11 is 1.54. The first-order valence-electron chi connectivity index (χ1n) is 9.21. The Morgan fingerprint density at radius 1 is 1.46 bits per heavy atom. The molecule has 7 heteroatoms. The van der Waals surface area contributed by atoms with Gasteiger partial charge in [-0.15, -0.1) is 11.3 Å². The summed E-state index contributed by atoms with van der Waals surface area (Å²) in [6.07, 6.45) is 4.01. The van der Waals surface area contributed by atoms with Crippen LogP contribution in [0.15, 0.2) is 18.5 Å². The molecule has 2 atom stereocenters. The van der Waals surface area contributed by atoms with E-state index < -0.39 is 6.43 Å². The maximum absolute atomic E-state index is 12.8. The number of aryl methyl sites for hydroxylation is 1. The average molecular weight is 381 g/mol. The van der Waals surface area contributed by atoms with Crippen molar-refractivity contribution in [2.75, 3.05) is 13.2 Å². The summed E-state index contributed by atoms with van der Waals surface area (Å²) in [6, 6.07) is 2.34. The third-order valence-corrected chi connectivity index (χ3v) is 7.08. The molecular weight excluding hydrogens is 356 g/mol. The number of thiophene rings is 1. The number of hydrogen-bond donors (Lipinski definition) is 0. The number of alkyl halides is 2. The molecule has 142 valence electrons.